The highest BCUT2D eigenvalue weighted by Gasteiger charge is 2.27. The number of halogens is 3. The summed E-state index contributed by atoms with van der Waals surface area (Å²) in [5.41, 5.74) is 1.07. The van der Waals surface area contributed by atoms with Crippen LogP contribution in [0.3, 0.4) is 0 Å². The van der Waals surface area contributed by atoms with E-state index in [2.05, 4.69) is 10.1 Å². The Bertz CT molecular complexity index is 324. The third kappa shape index (κ3) is 6.13. The zero-order chi connectivity index (χ0) is 12.7. The van der Waals surface area contributed by atoms with Crippen molar-refractivity contribution in [1.82, 2.24) is 5.32 Å². The van der Waals surface area contributed by atoms with E-state index in [9.17, 15) is 13.2 Å². The highest BCUT2D eigenvalue weighted by atomic mass is 19.4. The van der Waals surface area contributed by atoms with Crippen molar-refractivity contribution >= 4 is 0 Å². The second-order valence-electron chi connectivity index (χ2n) is 3.40. The molecule has 1 rings (SSSR count). The SMILES string of the molecule is CNCc1ccc(OCOCC(F)(F)F)cc1. The minimum absolute atomic E-state index is 0.412. The largest absolute Gasteiger partial charge is 0.468 e. The average Bonchev–Trinajstić information content (AvgIpc) is 2.26. The standard InChI is InChI=1S/C11H14F3NO2/c1-15-6-9-2-4-10(5-3-9)17-8-16-7-11(12,13)14/h2-5,15H,6-8H2,1H3. The van der Waals surface area contributed by atoms with Gasteiger partial charge in [-0.25, -0.2) is 0 Å². The van der Waals surface area contributed by atoms with Crippen LogP contribution in [0.1, 0.15) is 5.56 Å². The van der Waals surface area contributed by atoms with Crippen LogP contribution in [0.25, 0.3) is 0 Å². The number of benzene rings is 1. The summed E-state index contributed by atoms with van der Waals surface area (Å²) < 4.78 is 44.5. The van der Waals surface area contributed by atoms with Gasteiger partial charge >= 0.3 is 6.18 Å². The van der Waals surface area contributed by atoms with Gasteiger partial charge in [-0.15, -0.1) is 0 Å². The predicted octanol–water partition coefficient (Wildman–Crippen LogP) is 2.32. The van der Waals surface area contributed by atoms with Crippen LogP contribution < -0.4 is 10.1 Å². The molecule has 0 atom stereocenters. The van der Waals surface area contributed by atoms with Gasteiger partial charge in [0.1, 0.15) is 12.4 Å². The van der Waals surface area contributed by atoms with Crippen LogP contribution in [0, 0.1) is 0 Å². The third-order valence-corrected chi connectivity index (χ3v) is 1.88. The number of hydrogen-bond acceptors (Lipinski definition) is 3. The van der Waals surface area contributed by atoms with E-state index in [0.29, 0.717) is 5.75 Å². The molecule has 0 aliphatic heterocycles. The molecule has 17 heavy (non-hydrogen) atoms. The molecule has 6 heteroatoms. The topological polar surface area (TPSA) is 30.5 Å². The first-order valence-corrected chi connectivity index (χ1v) is 5.02. The van der Waals surface area contributed by atoms with Gasteiger partial charge in [0.2, 0.25) is 0 Å². The van der Waals surface area contributed by atoms with Crippen LogP contribution in [-0.2, 0) is 11.3 Å². The van der Waals surface area contributed by atoms with Crippen LogP contribution in [0.4, 0.5) is 13.2 Å². The van der Waals surface area contributed by atoms with Crippen LogP contribution >= 0.6 is 0 Å². The Morgan fingerprint density at radius 2 is 1.82 bits per heavy atom. The molecule has 0 unspecified atom stereocenters. The van der Waals surface area contributed by atoms with Gasteiger partial charge in [0, 0.05) is 6.54 Å². The predicted molar refractivity (Wildman–Crippen MR) is 56.7 cm³/mol. The molecule has 0 radical (unpaired) electrons. The first kappa shape index (κ1) is 13.8. The summed E-state index contributed by atoms with van der Waals surface area (Å²) in [4.78, 5) is 0. The lowest BCUT2D eigenvalue weighted by molar-refractivity contribution is -0.186. The molecule has 0 heterocycles. The van der Waals surface area contributed by atoms with E-state index < -0.39 is 19.6 Å². The van der Waals surface area contributed by atoms with E-state index in [0.717, 1.165) is 12.1 Å². The van der Waals surface area contributed by atoms with Gasteiger partial charge in [-0.3, -0.25) is 0 Å². The fraction of sp³-hybridized carbons (Fsp3) is 0.455. The highest BCUT2D eigenvalue weighted by molar-refractivity contribution is 5.27. The zero-order valence-corrected chi connectivity index (χ0v) is 9.38. The van der Waals surface area contributed by atoms with E-state index in [1.807, 2.05) is 19.2 Å². The van der Waals surface area contributed by atoms with Gasteiger partial charge in [0.05, 0.1) is 0 Å². The molecule has 0 aromatic heterocycles. The number of ether oxygens (including phenoxy) is 2. The minimum Gasteiger partial charge on any atom is -0.468 e. The van der Waals surface area contributed by atoms with Crippen molar-refractivity contribution in [2.24, 2.45) is 0 Å². The van der Waals surface area contributed by atoms with E-state index in [4.69, 9.17) is 4.74 Å². The van der Waals surface area contributed by atoms with Crippen molar-refractivity contribution < 1.29 is 22.6 Å². The molecule has 0 aliphatic carbocycles. The molecule has 0 saturated carbocycles. The maximum absolute atomic E-state index is 11.7. The summed E-state index contributed by atoms with van der Waals surface area (Å²) in [6.07, 6.45) is -4.32. The van der Waals surface area contributed by atoms with Gasteiger partial charge in [0.25, 0.3) is 0 Å². The molecule has 1 N–H and O–H groups in total. The van der Waals surface area contributed by atoms with Gasteiger partial charge in [0.15, 0.2) is 6.79 Å². The van der Waals surface area contributed by atoms with E-state index in [1.165, 1.54) is 0 Å². The van der Waals surface area contributed by atoms with Gasteiger partial charge in [-0.05, 0) is 24.7 Å². The summed E-state index contributed by atoms with van der Waals surface area (Å²) in [6, 6.07) is 7.03. The maximum atomic E-state index is 11.7. The summed E-state index contributed by atoms with van der Waals surface area (Å²) in [7, 11) is 1.83. The Kier molecular flexibility index (Phi) is 5.24. The molecular weight excluding hydrogens is 235 g/mol. The Hall–Kier alpha value is -1.27. The van der Waals surface area contributed by atoms with Crippen molar-refractivity contribution in [2.45, 2.75) is 12.7 Å². The van der Waals surface area contributed by atoms with E-state index >= 15 is 0 Å². The molecule has 0 amide bonds. The smallest absolute Gasteiger partial charge is 0.411 e. The highest BCUT2D eigenvalue weighted by Crippen LogP contribution is 2.15. The second-order valence-corrected chi connectivity index (χ2v) is 3.40. The van der Waals surface area contributed by atoms with Crippen molar-refractivity contribution in [3.63, 3.8) is 0 Å². The number of rotatable bonds is 6. The van der Waals surface area contributed by atoms with Gasteiger partial charge in [-0.2, -0.15) is 13.2 Å². The Balaban J connectivity index is 2.27. The van der Waals surface area contributed by atoms with Crippen LogP contribution in [0.5, 0.6) is 5.75 Å². The number of hydrogen-bond donors (Lipinski definition) is 1. The molecule has 3 nitrogen and oxygen atoms in total. The van der Waals surface area contributed by atoms with Crippen molar-refractivity contribution in [2.75, 3.05) is 20.4 Å². The first-order valence-electron chi connectivity index (χ1n) is 5.02. The van der Waals surface area contributed by atoms with Crippen LogP contribution in [0.15, 0.2) is 24.3 Å². The monoisotopic (exact) mass is 249 g/mol. The summed E-state index contributed by atoms with van der Waals surface area (Å²) in [5.74, 6) is 0.479. The quantitative estimate of drug-likeness (QED) is 0.620. The van der Waals surface area contributed by atoms with E-state index in [1.54, 1.807) is 12.1 Å². The van der Waals surface area contributed by atoms with Crippen molar-refractivity contribution in [1.29, 1.82) is 0 Å². The van der Waals surface area contributed by atoms with Crippen molar-refractivity contribution in [3.05, 3.63) is 29.8 Å². The van der Waals surface area contributed by atoms with E-state index in [-0.39, 0.29) is 0 Å². The lowest BCUT2D eigenvalue weighted by Crippen LogP contribution is -2.19. The normalized spacial score (nSPS) is 11.5. The third-order valence-electron chi connectivity index (χ3n) is 1.88. The molecular formula is C11H14F3NO2. The Labute approximate surface area is 97.5 Å². The molecule has 0 saturated heterocycles. The molecule has 0 aliphatic rings. The van der Waals surface area contributed by atoms with Crippen LogP contribution in [-0.4, -0.2) is 26.6 Å². The fourth-order valence-electron chi connectivity index (χ4n) is 1.17. The molecule has 96 valence electrons. The summed E-state index contributed by atoms with van der Waals surface area (Å²) in [6.45, 7) is -0.986. The molecule has 1 aromatic rings. The number of alkyl halides is 3. The van der Waals surface area contributed by atoms with Crippen LogP contribution in [0.2, 0.25) is 0 Å². The molecule has 0 fully saturated rings. The first-order chi connectivity index (χ1) is 8.01. The molecule has 0 bridgehead atoms. The van der Waals surface area contributed by atoms with Gasteiger partial charge < -0.3 is 14.8 Å². The second kappa shape index (κ2) is 6.46. The Morgan fingerprint density at radius 1 is 1.18 bits per heavy atom. The summed E-state index contributed by atoms with van der Waals surface area (Å²) in [5, 5.41) is 2.98. The lowest BCUT2D eigenvalue weighted by atomic mass is 10.2. The number of nitrogens with one attached hydrogen (secondary N) is 1. The Morgan fingerprint density at radius 3 is 2.35 bits per heavy atom. The summed E-state index contributed by atoms with van der Waals surface area (Å²) >= 11 is 0. The maximum Gasteiger partial charge on any atom is 0.411 e. The molecule has 1 aromatic carbocycles. The zero-order valence-electron chi connectivity index (χ0n) is 9.38. The molecule has 0 spiro atoms. The minimum atomic E-state index is -4.32. The lowest BCUT2D eigenvalue weighted by Gasteiger charge is -2.09. The van der Waals surface area contributed by atoms with Crippen molar-refractivity contribution in [3.8, 4) is 5.75 Å². The fourth-order valence-corrected chi connectivity index (χ4v) is 1.17. The van der Waals surface area contributed by atoms with Gasteiger partial charge in [-0.1, -0.05) is 12.1 Å². The average molecular weight is 249 g/mol.